The molecule has 5 heteroatoms. The zero-order chi connectivity index (χ0) is 15.2. The van der Waals surface area contributed by atoms with Crippen LogP contribution in [-0.4, -0.2) is 66.3 Å². The molecule has 122 valence electrons. The normalized spacial score (nSPS) is 29.2. The van der Waals surface area contributed by atoms with E-state index in [9.17, 15) is 9.90 Å². The monoisotopic (exact) mass is 297 g/mol. The first-order chi connectivity index (χ1) is 10.1. The van der Waals surface area contributed by atoms with Crippen LogP contribution in [0.3, 0.4) is 0 Å². The van der Waals surface area contributed by atoms with Crippen molar-refractivity contribution in [3.63, 3.8) is 0 Å². The molecule has 2 N–H and O–H groups in total. The lowest BCUT2D eigenvalue weighted by Gasteiger charge is -2.35. The number of hydrogen-bond donors (Lipinski definition) is 2. The van der Waals surface area contributed by atoms with Crippen molar-refractivity contribution in [2.45, 2.75) is 45.6 Å². The molecule has 3 atom stereocenters. The van der Waals surface area contributed by atoms with Gasteiger partial charge in [-0.2, -0.15) is 0 Å². The molecule has 3 unspecified atom stereocenters. The van der Waals surface area contributed by atoms with E-state index in [4.69, 9.17) is 0 Å². The van der Waals surface area contributed by atoms with Crippen molar-refractivity contribution in [2.75, 3.05) is 39.3 Å². The Bertz CT molecular complexity index is 337. The molecule has 0 aromatic heterocycles. The van der Waals surface area contributed by atoms with E-state index in [1.54, 1.807) is 0 Å². The average molecular weight is 297 g/mol. The van der Waals surface area contributed by atoms with Crippen LogP contribution in [0.25, 0.3) is 0 Å². The van der Waals surface area contributed by atoms with Gasteiger partial charge in [0.1, 0.15) is 0 Å². The molecule has 2 aliphatic rings. The van der Waals surface area contributed by atoms with Crippen LogP contribution in [0.5, 0.6) is 0 Å². The fraction of sp³-hybridized carbons (Fsp3) is 0.938. The number of piperidine rings is 2. The number of nitrogens with one attached hydrogen (secondary N) is 1. The van der Waals surface area contributed by atoms with Gasteiger partial charge in [0.2, 0.25) is 0 Å². The zero-order valence-corrected chi connectivity index (χ0v) is 13.6. The first-order valence-electron chi connectivity index (χ1n) is 8.47. The van der Waals surface area contributed by atoms with E-state index in [-0.39, 0.29) is 24.6 Å². The average Bonchev–Trinajstić information content (AvgIpc) is 2.47. The molecule has 0 aromatic carbocycles. The second kappa shape index (κ2) is 7.99. The van der Waals surface area contributed by atoms with Crippen LogP contribution in [0.4, 0.5) is 4.79 Å². The summed E-state index contributed by atoms with van der Waals surface area (Å²) in [6.45, 7) is 9.32. The molecule has 21 heavy (non-hydrogen) atoms. The van der Waals surface area contributed by atoms with Crippen LogP contribution in [0, 0.1) is 11.8 Å². The number of rotatable bonds is 4. The van der Waals surface area contributed by atoms with E-state index in [1.165, 1.54) is 12.8 Å². The van der Waals surface area contributed by atoms with Crippen molar-refractivity contribution in [2.24, 2.45) is 11.8 Å². The number of amides is 2. The van der Waals surface area contributed by atoms with Crippen molar-refractivity contribution < 1.29 is 9.90 Å². The van der Waals surface area contributed by atoms with Crippen molar-refractivity contribution in [3.05, 3.63) is 0 Å². The summed E-state index contributed by atoms with van der Waals surface area (Å²) in [5.41, 5.74) is 0. The maximum Gasteiger partial charge on any atom is 0.317 e. The van der Waals surface area contributed by atoms with Gasteiger partial charge in [-0.05, 0) is 51.0 Å². The van der Waals surface area contributed by atoms with Crippen LogP contribution >= 0.6 is 0 Å². The predicted molar refractivity (Wildman–Crippen MR) is 84.2 cm³/mol. The molecule has 2 saturated heterocycles. The highest BCUT2D eigenvalue weighted by molar-refractivity contribution is 5.74. The van der Waals surface area contributed by atoms with Gasteiger partial charge in [0, 0.05) is 38.8 Å². The maximum atomic E-state index is 12.3. The number of aliphatic hydroxyl groups is 1. The number of nitrogens with zero attached hydrogens (tertiary/aromatic N) is 2. The molecular weight excluding hydrogens is 266 g/mol. The minimum absolute atomic E-state index is 0.0331. The maximum absolute atomic E-state index is 12.3. The Morgan fingerprint density at radius 1 is 1.29 bits per heavy atom. The lowest BCUT2D eigenvalue weighted by Crippen LogP contribution is -2.51. The SMILES string of the molecule is CC1CCCN(CC(C)NC(=O)N2CCCC(CO)C2)C1. The quantitative estimate of drug-likeness (QED) is 0.827. The Balaban J connectivity index is 1.73. The molecule has 0 saturated carbocycles. The first-order valence-corrected chi connectivity index (χ1v) is 8.47. The van der Waals surface area contributed by atoms with E-state index >= 15 is 0 Å². The van der Waals surface area contributed by atoms with E-state index in [0.29, 0.717) is 6.54 Å². The van der Waals surface area contributed by atoms with Gasteiger partial charge in [0.15, 0.2) is 0 Å². The van der Waals surface area contributed by atoms with Crippen LogP contribution < -0.4 is 5.32 Å². The number of aliphatic hydroxyl groups excluding tert-OH is 1. The molecule has 2 heterocycles. The third-order valence-electron chi connectivity index (χ3n) is 4.71. The standard InChI is InChI=1S/C16H31N3O2/c1-13-5-3-7-18(9-13)10-14(2)17-16(21)19-8-4-6-15(11-19)12-20/h13-15,20H,3-12H2,1-2H3,(H,17,21). The summed E-state index contributed by atoms with van der Waals surface area (Å²) < 4.78 is 0. The second-order valence-electron chi connectivity index (χ2n) is 6.99. The molecule has 2 amide bonds. The van der Waals surface area contributed by atoms with Gasteiger partial charge in [-0.3, -0.25) is 0 Å². The summed E-state index contributed by atoms with van der Waals surface area (Å²) in [5, 5.41) is 12.4. The molecule has 0 radical (unpaired) electrons. The Labute approximate surface area is 128 Å². The van der Waals surface area contributed by atoms with Gasteiger partial charge >= 0.3 is 6.03 Å². The Kier molecular flexibility index (Phi) is 6.30. The van der Waals surface area contributed by atoms with E-state index < -0.39 is 0 Å². The molecule has 0 bridgehead atoms. The number of carbonyl (C=O) groups is 1. The van der Waals surface area contributed by atoms with Gasteiger partial charge in [0.05, 0.1) is 0 Å². The van der Waals surface area contributed by atoms with Crippen molar-refractivity contribution >= 4 is 6.03 Å². The second-order valence-corrected chi connectivity index (χ2v) is 6.99. The minimum Gasteiger partial charge on any atom is -0.396 e. The summed E-state index contributed by atoms with van der Waals surface area (Å²) in [7, 11) is 0. The summed E-state index contributed by atoms with van der Waals surface area (Å²) in [4.78, 5) is 16.6. The lowest BCUT2D eigenvalue weighted by molar-refractivity contribution is 0.124. The summed E-state index contributed by atoms with van der Waals surface area (Å²) in [5.74, 6) is 1.02. The summed E-state index contributed by atoms with van der Waals surface area (Å²) in [6, 6.07) is 0.211. The fourth-order valence-corrected chi connectivity index (χ4v) is 3.59. The van der Waals surface area contributed by atoms with E-state index in [0.717, 1.165) is 44.9 Å². The number of hydrogen-bond acceptors (Lipinski definition) is 3. The molecule has 0 spiro atoms. The van der Waals surface area contributed by atoms with E-state index in [2.05, 4.69) is 24.1 Å². The third kappa shape index (κ3) is 5.15. The Morgan fingerprint density at radius 2 is 2.05 bits per heavy atom. The molecule has 0 aromatic rings. The first kappa shape index (κ1) is 16.6. The Morgan fingerprint density at radius 3 is 2.76 bits per heavy atom. The van der Waals surface area contributed by atoms with Crippen molar-refractivity contribution in [3.8, 4) is 0 Å². The number of carbonyl (C=O) groups excluding carboxylic acids is 1. The van der Waals surface area contributed by atoms with Crippen LogP contribution in [0.1, 0.15) is 39.5 Å². The van der Waals surface area contributed by atoms with Gasteiger partial charge < -0.3 is 20.2 Å². The molecular formula is C16H31N3O2. The van der Waals surface area contributed by atoms with Gasteiger partial charge in [-0.25, -0.2) is 4.79 Å². The van der Waals surface area contributed by atoms with Crippen molar-refractivity contribution in [1.29, 1.82) is 0 Å². The van der Waals surface area contributed by atoms with E-state index in [1.807, 2.05) is 4.90 Å². The van der Waals surface area contributed by atoms with Crippen LogP contribution in [-0.2, 0) is 0 Å². The predicted octanol–water partition coefficient (Wildman–Crippen LogP) is 1.52. The van der Waals surface area contributed by atoms with Crippen LogP contribution in [0.15, 0.2) is 0 Å². The van der Waals surface area contributed by atoms with Gasteiger partial charge in [-0.15, -0.1) is 0 Å². The molecule has 2 rings (SSSR count). The number of likely N-dealkylation sites (tertiary alicyclic amines) is 2. The summed E-state index contributed by atoms with van der Waals surface area (Å²) >= 11 is 0. The molecule has 2 aliphatic heterocycles. The minimum atomic E-state index is 0.0331. The highest BCUT2D eigenvalue weighted by Gasteiger charge is 2.25. The molecule has 0 aliphatic carbocycles. The Hall–Kier alpha value is -0.810. The largest absolute Gasteiger partial charge is 0.396 e. The highest BCUT2D eigenvalue weighted by atomic mass is 16.3. The lowest BCUT2D eigenvalue weighted by atomic mass is 9.99. The fourth-order valence-electron chi connectivity index (χ4n) is 3.59. The van der Waals surface area contributed by atoms with Gasteiger partial charge in [0.25, 0.3) is 0 Å². The van der Waals surface area contributed by atoms with Crippen LogP contribution in [0.2, 0.25) is 0 Å². The highest BCUT2D eigenvalue weighted by Crippen LogP contribution is 2.17. The van der Waals surface area contributed by atoms with Gasteiger partial charge in [-0.1, -0.05) is 6.92 Å². The molecule has 5 nitrogen and oxygen atoms in total. The topological polar surface area (TPSA) is 55.8 Å². The smallest absolute Gasteiger partial charge is 0.317 e. The summed E-state index contributed by atoms with van der Waals surface area (Å²) in [6.07, 6.45) is 4.62. The molecule has 2 fully saturated rings. The van der Waals surface area contributed by atoms with Crippen molar-refractivity contribution in [1.82, 2.24) is 15.1 Å². The number of urea groups is 1. The third-order valence-corrected chi connectivity index (χ3v) is 4.71. The zero-order valence-electron chi connectivity index (χ0n) is 13.6.